The zero-order valence-electron chi connectivity index (χ0n) is 16.1. The van der Waals surface area contributed by atoms with Crippen molar-refractivity contribution in [3.05, 3.63) is 42.1 Å². The molecule has 27 heavy (non-hydrogen) atoms. The maximum atomic E-state index is 12.0. The number of amides is 2. The maximum absolute atomic E-state index is 12.0. The molecule has 0 bridgehead atoms. The van der Waals surface area contributed by atoms with Crippen LogP contribution in [0.3, 0.4) is 0 Å². The molecule has 1 saturated carbocycles. The Morgan fingerprint density at radius 3 is 2.78 bits per heavy atom. The average molecular weight is 371 g/mol. The molecule has 0 unspecified atom stereocenters. The van der Waals surface area contributed by atoms with Gasteiger partial charge in [0, 0.05) is 37.7 Å². The number of imidazole rings is 1. The van der Waals surface area contributed by atoms with E-state index in [9.17, 15) is 4.79 Å². The van der Waals surface area contributed by atoms with Gasteiger partial charge in [-0.1, -0.05) is 19.3 Å². The second-order valence-corrected chi connectivity index (χ2v) is 7.12. The Bertz CT molecular complexity index is 723. The van der Waals surface area contributed by atoms with Gasteiger partial charge in [0.05, 0.1) is 0 Å². The van der Waals surface area contributed by atoms with Gasteiger partial charge in [0.15, 0.2) is 0 Å². The van der Waals surface area contributed by atoms with E-state index in [2.05, 4.69) is 25.9 Å². The van der Waals surface area contributed by atoms with E-state index in [4.69, 9.17) is 0 Å². The Morgan fingerprint density at radius 1 is 1.15 bits per heavy atom. The zero-order chi connectivity index (χ0) is 18.9. The minimum Gasteiger partial charge on any atom is -0.338 e. The second kappa shape index (κ2) is 10.1. The van der Waals surface area contributed by atoms with Crippen LogP contribution in [-0.2, 0) is 6.54 Å². The lowest BCUT2D eigenvalue weighted by Crippen LogP contribution is -2.37. The molecule has 3 N–H and O–H groups in total. The minimum atomic E-state index is -0.134. The SMILES string of the molecule is Cc1nccn1-c1cc(CNC(=O)NCCCNC2CCCCC2)ccn1. The highest BCUT2D eigenvalue weighted by atomic mass is 16.2. The summed E-state index contributed by atoms with van der Waals surface area (Å²) in [5.41, 5.74) is 1.00. The summed E-state index contributed by atoms with van der Waals surface area (Å²) >= 11 is 0. The smallest absolute Gasteiger partial charge is 0.315 e. The third-order valence-corrected chi connectivity index (χ3v) is 5.01. The molecule has 0 radical (unpaired) electrons. The van der Waals surface area contributed by atoms with Gasteiger partial charge in [0.1, 0.15) is 11.6 Å². The topological polar surface area (TPSA) is 83.9 Å². The van der Waals surface area contributed by atoms with E-state index in [-0.39, 0.29) is 6.03 Å². The highest BCUT2D eigenvalue weighted by Gasteiger charge is 2.11. The standard InChI is InChI=1S/C20H30N6O/c1-16-21-12-13-26(16)19-14-17(8-11-23-19)15-25-20(27)24-10-5-9-22-18-6-3-2-4-7-18/h8,11-14,18,22H,2-7,9-10,15H2,1H3,(H2,24,25,27). The molecule has 2 aromatic rings. The minimum absolute atomic E-state index is 0.134. The van der Waals surface area contributed by atoms with Crippen molar-refractivity contribution < 1.29 is 4.79 Å². The predicted octanol–water partition coefficient (Wildman–Crippen LogP) is 2.69. The van der Waals surface area contributed by atoms with Crippen LogP contribution >= 0.6 is 0 Å². The lowest BCUT2D eigenvalue weighted by molar-refractivity contribution is 0.240. The average Bonchev–Trinajstić information content (AvgIpc) is 3.13. The van der Waals surface area contributed by atoms with Crippen LogP contribution in [0.4, 0.5) is 4.79 Å². The first kappa shape index (κ1) is 19.4. The number of hydrogen-bond acceptors (Lipinski definition) is 4. The molecule has 1 aliphatic rings. The lowest BCUT2D eigenvalue weighted by Gasteiger charge is -2.22. The first-order chi connectivity index (χ1) is 13.2. The molecule has 1 fully saturated rings. The molecule has 2 aromatic heterocycles. The van der Waals surface area contributed by atoms with Crippen molar-refractivity contribution in [3.8, 4) is 5.82 Å². The summed E-state index contributed by atoms with van der Waals surface area (Å²) < 4.78 is 1.92. The molecular formula is C20H30N6O. The molecule has 0 saturated heterocycles. The first-order valence-corrected chi connectivity index (χ1v) is 9.93. The summed E-state index contributed by atoms with van der Waals surface area (Å²) in [7, 11) is 0. The molecule has 3 rings (SSSR count). The number of hydrogen-bond donors (Lipinski definition) is 3. The number of urea groups is 1. The number of pyridine rings is 1. The Morgan fingerprint density at radius 2 is 2.00 bits per heavy atom. The molecule has 146 valence electrons. The van der Waals surface area contributed by atoms with Gasteiger partial charge >= 0.3 is 6.03 Å². The molecular weight excluding hydrogens is 340 g/mol. The molecule has 0 aromatic carbocycles. The van der Waals surface area contributed by atoms with E-state index in [0.717, 1.165) is 30.2 Å². The van der Waals surface area contributed by atoms with Gasteiger partial charge in [-0.15, -0.1) is 0 Å². The van der Waals surface area contributed by atoms with Crippen molar-refractivity contribution in [3.63, 3.8) is 0 Å². The summed E-state index contributed by atoms with van der Waals surface area (Å²) in [6.45, 7) is 4.04. The quantitative estimate of drug-likeness (QED) is 0.624. The summed E-state index contributed by atoms with van der Waals surface area (Å²) in [5, 5.41) is 9.42. The van der Waals surface area contributed by atoms with Crippen LogP contribution in [0, 0.1) is 6.92 Å². The predicted molar refractivity (Wildman–Crippen MR) is 106 cm³/mol. The van der Waals surface area contributed by atoms with Gasteiger partial charge in [-0.25, -0.2) is 14.8 Å². The van der Waals surface area contributed by atoms with Crippen molar-refractivity contribution in [2.45, 2.75) is 58.0 Å². The fraction of sp³-hybridized carbons (Fsp3) is 0.550. The van der Waals surface area contributed by atoms with E-state index in [1.807, 2.05) is 29.8 Å². The van der Waals surface area contributed by atoms with Gasteiger partial charge in [0.2, 0.25) is 0 Å². The molecule has 7 heteroatoms. The van der Waals surface area contributed by atoms with Crippen molar-refractivity contribution in [1.29, 1.82) is 0 Å². The summed E-state index contributed by atoms with van der Waals surface area (Å²) in [6.07, 6.45) is 13.0. The third kappa shape index (κ3) is 6.06. The van der Waals surface area contributed by atoms with Crippen LogP contribution < -0.4 is 16.0 Å². The largest absolute Gasteiger partial charge is 0.338 e. The summed E-state index contributed by atoms with van der Waals surface area (Å²) in [5.74, 6) is 1.69. The highest BCUT2D eigenvalue weighted by Crippen LogP contribution is 2.17. The Hall–Kier alpha value is -2.41. The normalized spacial score (nSPS) is 14.9. The van der Waals surface area contributed by atoms with Crippen LogP contribution in [0.2, 0.25) is 0 Å². The van der Waals surface area contributed by atoms with Gasteiger partial charge < -0.3 is 16.0 Å². The zero-order valence-corrected chi connectivity index (χ0v) is 16.1. The first-order valence-electron chi connectivity index (χ1n) is 9.93. The van der Waals surface area contributed by atoms with E-state index in [1.54, 1.807) is 12.4 Å². The van der Waals surface area contributed by atoms with Crippen molar-refractivity contribution >= 4 is 6.03 Å². The van der Waals surface area contributed by atoms with E-state index in [1.165, 1.54) is 32.1 Å². The second-order valence-electron chi connectivity index (χ2n) is 7.12. The van der Waals surface area contributed by atoms with Crippen molar-refractivity contribution in [2.24, 2.45) is 0 Å². The maximum Gasteiger partial charge on any atom is 0.315 e. The van der Waals surface area contributed by atoms with E-state index >= 15 is 0 Å². The van der Waals surface area contributed by atoms with E-state index in [0.29, 0.717) is 19.1 Å². The third-order valence-electron chi connectivity index (χ3n) is 5.01. The number of nitrogens with one attached hydrogen (secondary N) is 3. The number of aromatic nitrogens is 3. The summed E-state index contributed by atoms with van der Waals surface area (Å²) in [4.78, 5) is 20.6. The number of carbonyl (C=O) groups is 1. The van der Waals surface area contributed by atoms with Gasteiger partial charge in [-0.2, -0.15) is 0 Å². The van der Waals surface area contributed by atoms with Gasteiger partial charge in [-0.05, 0) is 50.4 Å². The molecule has 0 atom stereocenters. The fourth-order valence-corrected chi connectivity index (χ4v) is 3.47. The Kier molecular flexibility index (Phi) is 7.21. The van der Waals surface area contributed by atoms with Crippen LogP contribution in [0.25, 0.3) is 5.82 Å². The molecule has 0 aliphatic heterocycles. The van der Waals surface area contributed by atoms with Crippen molar-refractivity contribution in [1.82, 2.24) is 30.5 Å². The highest BCUT2D eigenvalue weighted by molar-refractivity contribution is 5.73. The Labute approximate surface area is 161 Å². The number of rotatable bonds is 8. The molecule has 2 amide bonds. The van der Waals surface area contributed by atoms with Crippen molar-refractivity contribution in [2.75, 3.05) is 13.1 Å². The van der Waals surface area contributed by atoms with Gasteiger partial charge in [-0.3, -0.25) is 4.57 Å². The van der Waals surface area contributed by atoms with Gasteiger partial charge in [0.25, 0.3) is 0 Å². The molecule has 0 spiro atoms. The summed E-state index contributed by atoms with van der Waals surface area (Å²) in [6, 6.07) is 4.41. The molecule has 1 aliphatic carbocycles. The van der Waals surface area contributed by atoms with Crippen LogP contribution in [0.5, 0.6) is 0 Å². The number of nitrogens with zero attached hydrogens (tertiary/aromatic N) is 3. The number of carbonyl (C=O) groups excluding carboxylic acids is 1. The monoisotopic (exact) mass is 370 g/mol. The number of aryl methyl sites for hydroxylation is 1. The lowest BCUT2D eigenvalue weighted by atomic mass is 9.95. The van der Waals surface area contributed by atoms with Crippen LogP contribution in [-0.4, -0.2) is 39.7 Å². The fourth-order valence-electron chi connectivity index (χ4n) is 3.47. The van der Waals surface area contributed by atoms with Crippen LogP contribution in [0.1, 0.15) is 49.9 Å². The molecule has 2 heterocycles. The molecule has 7 nitrogen and oxygen atoms in total. The van der Waals surface area contributed by atoms with Crippen LogP contribution in [0.15, 0.2) is 30.7 Å². The Balaban J connectivity index is 1.34. The van der Waals surface area contributed by atoms with E-state index < -0.39 is 0 Å².